The maximum atomic E-state index is 12.9. The molecule has 0 spiro atoms. The lowest BCUT2D eigenvalue weighted by molar-refractivity contribution is -0.137. The standard InChI is InChI=1S/C18H26N2O5S2/c1-14-6-7-15(19-17(21)8-11-26-13-18(22)25-2)12-16(14)27(23,24)20-9-4-3-5-10-20/h6-7,12H,3-5,8-11,13H2,1-2H3,(H,19,21). The zero-order chi connectivity index (χ0) is 19.9. The molecule has 1 heterocycles. The van der Waals surface area contributed by atoms with Crippen molar-refractivity contribution in [3.05, 3.63) is 23.8 Å². The Morgan fingerprint density at radius 1 is 1.22 bits per heavy atom. The quantitative estimate of drug-likeness (QED) is 0.519. The number of rotatable bonds is 8. The number of esters is 1. The molecule has 1 fully saturated rings. The molecule has 1 N–H and O–H groups in total. The highest BCUT2D eigenvalue weighted by atomic mass is 32.2. The third kappa shape index (κ3) is 6.22. The SMILES string of the molecule is COC(=O)CSCCC(=O)Nc1ccc(C)c(S(=O)(=O)N2CCCCC2)c1. The lowest BCUT2D eigenvalue weighted by Crippen LogP contribution is -2.36. The Morgan fingerprint density at radius 2 is 1.93 bits per heavy atom. The van der Waals surface area contributed by atoms with Crippen LogP contribution < -0.4 is 5.32 Å². The molecular formula is C18H26N2O5S2. The van der Waals surface area contributed by atoms with Crippen molar-refractivity contribution >= 4 is 39.3 Å². The van der Waals surface area contributed by atoms with Crippen molar-refractivity contribution in [2.24, 2.45) is 0 Å². The van der Waals surface area contributed by atoms with Gasteiger partial charge in [0.15, 0.2) is 0 Å². The van der Waals surface area contributed by atoms with Gasteiger partial charge >= 0.3 is 5.97 Å². The zero-order valence-corrected chi connectivity index (χ0v) is 17.3. The van der Waals surface area contributed by atoms with E-state index in [1.165, 1.54) is 29.2 Å². The number of piperidine rings is 1. The summed E-state index contributed by atoms with van der Waals surface area (Å²) in [5.41, 5.74) is 1.12. The number of amides is 1. The summed E-state index contributed by atoms with van der Waals surface area (Å²) in [5.74, 6) is 0.127. The van der Waals surface area contributed by atoms with E-state index in [2.05, 4.69) is 10.1 Å². The molecule has 1 saturated heterocycles. The van der Waals surface area contributed by atoms with Crippen LogP contribution in [0.3, 0.4) is 0 Å². The first-order chi connectivity index (χ1) is 12.8. The van der Waals surface area contributed by atoms with Crippen molar-refractivity contribution in [2.45, 2.75) is 37.5 Å². The summed E-state index contributed by atoms with van der Waals surface area (Å²) in [5, 5.41) is 2.74. The number of benzene rings is 1. The summed E-state index contributed by atoms with van der Waals surface area (Å²) in [6.45, 7) is 2.83. The van der Waals surface area contributed by atoms with E-state index in [0.717, 1.165) is 19.3 Å². The first-order valence-electron chi connectivity index (χ1n) is 8.90. The Morgan fingerprint density at radius 3 is 2.59 bits per heavy atom. The molecular weight excluding hydrogens is 388 g/mol. The van der Waals surface area contributed by atoms with E-state index in [4.69, 9.17) is 0 Å². The average molecular weight is 415 g/mol. The van der Waals surface area contributed by atoms with Crippen LogP contribution >= 0.6 is 11.8 Å². The molecule has 9 heteroatoms. The van der Waals surface area contributed by atoms with Crippen LogP contribution in [0.5, 0.6) is 0 Å². The number of carbonyl (C=O) groups is 2. The van der Waals surface area contributed by atoms with Crippen LogP contribution in [0.4, 0.5) is 5.69 Å². The maximum Gasteiger partial charge on any atom is 0.315 e. The Kier molecular flexibility index (Phi) is 8.12. The van der Waals surface area contributed by atoms with E-state index < -0.39 is 10.0 Å². The number of nitrogens with one attached hydrogen (secondary N) is 1. The Hall–Kier alpha value is -1.58. The minimum absolute atomic E-state index is 0.201. The van der Waals surface area contributed by atoms with E-state index in [-0.39, 0.29) is 28.9 Å². The number of nitrogens with zero attached hydrogens (tertiary/aromatic N) is 1. The monoisotopic (exact) mass is 414 g/mol. The number of carbonyl (C=O) groups excluding carboxylic acids is 2. The summed E-state index contributed by atoms with van der Waals surface area (Å²) in [4.78, 5) is 23.3. The molecule has 1 aliphatic rings. The fourth-order valence-electron chi connectivity index (χ4n) is 2.80. The maximum absolute atomic E-state index is 12.9. The van der Waals surface area contributed by atoms with Crippen LogP contribution in [0.15, 0.2) is 23.1 Å². The van der Waals surface area contributed by atoms with Gasteiger partial charge < -0.3 is 10.1 Å². The predicted molar refractivity (Wildman–Crippen MR) is 106 cm³/mol. The van der Waals surface area contributed by atoms with E-state index in [9.17, 15) is 18.0 Å². The number of hydrogen-bond acceptors (Lipinski definition) is 6. The summed E-state index contributed by atoms with van der Waals surface area (Å²) in [6.07, 6.45) is 3.02. The molecule has 1 aromatic carbocycles. The second kappa shape index (κ2) is 10.1. The van der Waals surface area contributed by atoms with E-state index in [1.807, 2.05) is 0 Å². The molecule has 0 radical (unpaired) electrons. The van der Waals surface area contributed by atoms with Crippen molar-refractivity contribution < 1.29 is 22.7 Å². The van der Waals surface area contributed by atoms with Gasteiger partial charge in [-0.25, -0.2) is 8.42 Å². The minimum atomic E-state index is -3.56. The molecule has 1 aromatic rings. The van der Waals surface area contributed by atoms with Crippen LogP contribution in [0.2, 0.25) is 0 Å². The number of anilines is 1. The van der Waals surface area contributed by atoms with Gasteiger partial charge in [0.1, 0.15) is 0 Å². The molecule has 7 nitrogen and oxygen atoms in total. The van der Waals surface area contributed by atoms with E-state index >= 15 is 0 Å². The molecule has 1 aliphatic heterocycles. The van der Waals surface area contributed by atoms with E-state index in [0.29, 0.717) is 30.1 Å². The molecule has 150 valence electrons. The first-order valence-corrected chi connectivity index (χ1v) is 11.5. The number of aryl methyl sites for hydroxylation is 1. The third-order valence-electron chi connectivity index (χ3n) is 4.33. The summed E-state index contributed by atoms with van der Waals surface area (Å²) in [7, 11) is -2.24. The van der Waals surface area contributed by atoms with Crippen LogP contribution in [0.25, 0.3) is 0 Å². The molecule has 27 heavy (non-hydrogen) atoms. The highest BCUT2D eigenvalue weighted by Crippen LogP contribution is 2.26. The molecule has 0 atom stereocenters. The number of sulfonamides is 1. The summed E-state index contributed by atoms with van der Waals surface area (Å²) in [6, 6.07) is 4.93. The van der Waals surface area contributed by atoms with Crippen molar-refractivity contribution in [2.75, 3.05) is 37.0 Å². The molecule has 1 amide bonds. The van der Waals surface area contributed by atoms with Crippen LogP contribution in [0.1, 0.15) is 31.2 Å². The van der Waals surface area contributed by atoms with Gasteiger partial charge in [-0.3, -0.25) is 9.59 Å². The second-order valence-corrected chi connectivity index (χ2v) is 9.38. The van der Waals surface area contributed by atoms with Crippen molar-refractivity contribution in [3.8, 4) is 0 Å². The molecule has 2 rings (SSSR count). The van der Waals surface area contributed by atoms with Crippen LogP contribution in [-0.4, -0.2) is 56.3 Å². The summed E-state index contributed by atoms with van der Waals surface area (Å²) < 4.78 is 31.9. The number of thioether (sulfide) groups is 1. The van der Waals surface area contributed by atoms with Gasteiger partial charge in [0.25, 0.3) is 0 Å². The fraction of sp³-hybridized carbons (Fsp3) is 0.556. The third-order valence-corrected chi connectivity index (χ3v) is 7.30. The minimum Gasteiger partial charge on any atom is -0.468 e. The second-order valence-electron chi connectivity index (χ2n) is 6.37. The van der Waals surface area contributed by atoms with Gasteiger partial charge in [-0.15, -0.1) is 11.8 Å². The highest BCUT2D eigenvalue weighted by molar-refractivity contribution is 7.99. The Labute approximate surface area is 164 Å². The van der Waals surface area contributed by atoms with Crippen molar-refractivity contribution in [1.29, 1.82) is 0 Å². The van der Waals surface area contributed by atoms with Crippen LogP contribution in [0, 0.1) is 6.92 Å². The Balaban J connectivity index is 1.99. The van der Waals surface area contributed by atoms with Gasteiger partial charge in [-0.1, -0.05) is 12.5 Å². The Bertz CT molecular complexity index is 774. The molecule has 0 unspecified atom stereocenters. The smallest absolute Gasteiger partial charge is 0.315 e. The van der Waals surface area contributed by atoms with Crippen LogP contribution in [-0.2, 0) is 24.3 Å². The number of ether oxygens (including phenoxy) is 1. The lowest BCUT2D eigenvalue weighted by Gasteiger charge is -2.26. The van der Waals surface area contributed by atoms with Gasteiger partial charge in [-0.2, -0.15) is 4.31 Å². The molecule has 0 aliphatic carbocycles. The first kappa shape index (κ1) is 21.7. The van der Waals surface area contributed by atoms with Gasteiger partial charge in [0.2, 0.25) is 15.9 Å². The predicted octanol–water partition coefficient (Wildman–Crippen LogP) is 2.40. The lowest BCUT2D eigenvalue weighted by atomic mass is 10.2. The number of methoxy groups -OCH3 is 1. The zero-order valence-electron chi connectivity index (χ0n) is 15.7. The average Bonchev–Trinajstić information content (AvgIpc) is 2.67. The topological polar surface area (TPSA) is 92.8 Å². The molecule has 0 bridgehead atoms. The molecule has 0 saturated carbocycles. The fourth-order valence-corrected chi connectivity index (χ4v) is 5.33. The van der Waals surface area contributed by atoms with Gasteiger partial charge in [-0.05, 0) is 37.5 Å². The van der Waals surface area contributed by atoms with Crippen molar-refractivity contribution in [3.63, 3.8) is 0 Å². The van der Waals surface area contributed by atoms with Gasteiger partial charge in [0.05, 0.1) is 17.8 Å². The normalized spacial score (nSPS) is 15.3. The highest BCUT2D eigenvalue weighted by Gasteiger charge is 2.27. The van der Waals surface area contributed by atoms with E-state index in [1.54, 1.807) is 19.1 Å². The van der Waals surface area contributed by atoms with Crippen molar-refractivity contribution in [1.82, 2.24) is 4.31 Å². The number of hydrogen-bond donors (Lipinski definition) is 1. The summed E-state index contributed by atoms with van der Waals surface area (Å²) >= 11 is 1.32. The largest absolute Gasteiger partial charge is 0.468 e. The van der Waals surface area contributed by atoms with Gasteiger partial charge in [0, 0.05) is 31.0 Å². The molecule has 0 aromatic heterocycles.